The highest BCUT2D eigenvalue weighted by Crippen LogP contribution is 2.36. The van der Waals surface area contributed by atoms with Gasteiger partial charge in [0.25, 0.3) is 5.91 Å². The fraction of sp³-hybridized carbons (Fsp3) is 0.310. The van der Waals surface area contributed by atoms with Crippen molar-refractivity contribution >= 4 is 11.8 Å². The molecule has 3 aromatic carbocycles. The monoisotopic (exact) mass is 474 g/mol. The van der Waals surface area contributed by atoms with Gasteiger partial charge in [-0.15, -0.1) is 0 Å². The van der Waals surface area contributed by atoms with Gasteiger partial charge in [0, 0.05) is 44.1 Å². The average molecular weight is 475 g/mol. The van der Waals surface area contributed by atoms with E-state index in [0.29, 0.717) is 31.8 Å². The summed E-state index contributed by atoms with van der Waals surface area (Å²) in [5.41, 5.74) is 0.834. The maximum absolute atomic E-state index is 13.8. The normalized spacial score (nSPS) is 17.6. The molecule has 2 amide bonds. The molecule has 3 aromatic rings. The maximum Gasteiger partial charge on any atom is 0.253 e. The summed E-state index contributed by atoms with van der Waals surface area (Å²) in [5, 5.41) is 0. The lowest BCUT2D eigenvalue weighted by Crippen LogP contribution is -2.50. The maximum atomic E-state index is 13.8. The van der Waals surface area contributed by atoms with Crippen molar-refractivity contribution in [2.75, 3.05) is 26.7 Å². The van der Waals surface area contributed by atoms with Gasteiger partial charge in [0.1, 0.15) is 11.6 Å². The molecule has 0 spiro atoms. The predicted octanol–water partition coefficient (Wildman–Crippen LogP) is 5.18. The molecular formula is C29H31FN2O3. The number of benzene rings is 3. The molecule has 0 aliphatic carbocycles. The Morgan fingerprint density at radius 1 is 1.00 bits per heavy atom. The Morgan fingerprint density at radius 3 is 2.43 bits per heavy atom. The van der Waals surface area contributed by atoms with E-state index >= 15 is 0 Å². The molecule has 4 rings (SSSR count). The molecule has 0 bridgehead atoms. The molecule has 182 valence electrons. The Kier molecular flexibility index (Phi) is 7.80. The Hall–Kier alpha value is -3.67. The third kappa shape index (κ3) is 6.47. The number of halogens is 1. The second-order valence-electron chi connectivity index (χ2n) is 9.35. The second kappa shape index (κ2) is 11.2. The van der Waals surface area contributed by atoms with Gasteiger partial charge in [-0.3, -0.25) is 9.59 Å². The van der Waals surface area contributed by atoms with Crippen LogP contribution in [0.25, 0.3) is 0 Å². The van der Waals surface area contributed by atoms with Crippen molar-refractivity contribution < 1.29 is 18.7 Å². The second-order valence-corrected chi connectivity index (χ2v) is 9.35. The van der Waals surface area contributed by atoms with Gasteiger partial charge in [0.2, 0.25) is 5.91 Å². The van der Waals surface area contributed by atoms with Crippen molar-refractivity contribution in [3.05, 3.63) is 102 Å². The Bertz CT molecular complexity index is 1140. The topological polar surface area (TPSA) is 49.9 Å². The van der Waals surface area contributed by atoms with E-state index in [2.05, 4.69) is 0 Å². The molecule has 6 heteroatoms. The van der Waals surface area contributed by atoms with E-state index in [1.165, 1.54) is 12.1 Å². The Balaban J connectivity index is 1.52. The number of ether oxygens (including phenoxy) is 1. The summed E-state index contributed by atoms with van der Waals surface area (Å²) < 4.78 is 19.9. The van der Waals surface area contributed by atoms with Crippen LogP contribution in [0.1, 0.15) is 35.2 Å². The number of carbonyl (C=O) groups excluding carboxylic acids is 2. The number of carbonyl (C=O) groups is 2. The molecule has 1 saturated heterocycles. The summed E-state index contributed by atoms with van der Waals surface area (Å²) in [5.74, 6) is 0.0683. The first-order valence-corrected chi connectivity index (χ1v) is 11.9. The minimum Gasteiger partial charge on any atom is -0.493 e. The molecular weight excluding hydrogens is 443 g/mol. The summed E-state index contributed by atoms with van der Waals surface area (Å²) >= 11 is 0. The molecule has 35 heavy (non-hydrogen) atoms. The third-order valence-electron chi connectivity index (χ3n) is 6.52. The van der Waals surface area contributed by atoms with Crippen LogP contribution in [0, 0.1) is 11.2 Å². The molecule has 0 saturated carbocycles. The standard InChI is InChI=1S/C29H31FN2O3/c1-31(20-23-10-4-2-5-11-23)27(33)19-29(22-35-26-14-6-3-7-15-26)16-9-17-32(21-29)28(34)24-12-8-13-25(30)18-24/h2-8,10-15,18H,9,16-17,19-22H2,1H3/t29-/m0/s1. The van der Waals surface area contributed by atoms with Gasteiger partial charge in [-0.25, -0.2) is 4.39 Å². The van der Waals surface area contributed by atoms with E-state index in [0.717, 1.165) is 24.2 Å². The van der Waals surface area contributed by atoms with E-state index in [-0.39, 0.29) is 18.2 Å². The highest BCUT2D eigenvalue weighted by atomic mass is 19.1. The van der Waals surface area contributed by atoms with Crippen LogP contribution in [0.5, 0.6) is 5.75 Å². The van der Waals surface area contributed by atoms with E-state index in [1.807, 2.05) is 60.7 Å². The minimum atomic E-state index is -0.543. The molecule has 0 aromatic heterocycles. The molecule has 1 fully saturated rings. The van der Waals surface area contributed by atoms with Crippen molar-refractivity contribution in [2.45, 2.75) is 25.8 Å². The highest BCUT2D eigenvalue weighted by molar-refractivity contribution is 5.94. The number of hydrogen-bond donors (Lipinski definition) is 0. The number of para-hydroxylation sites is 1. The van der Waals surface area contributed by atoms with Crippen LogP contribution in [0.3, 0.4) is 0 Å². The van der Waals surface area contributed by atoms with Crippen molar-refractivity contribution in [1.29, 1.82) is 0 Å². The summed E-state index contributed by atoms with van der Waals surface area (Å²) in [6, 6.07) is 25.1. The minimum absolute atomic E-state index is 0.00516. The molecule has 0 N–H and O–H groups in total. The summed E-state index contributed by atoms with van der Waals surface area (Å²) in [7, 11) is 1.81. The van der Waals surface area contributed by atoms with Crippen molar-refractivity contribution in [2.24, 2.45) is 5.41 Å². The number of likely N-dealkylation sites (tertiary alicyclic amines) is 1. The van der Waals surface area contributed by atoms with Gasteiger partial charge in [0.15, 0.2) is 0 Å². The summed E-state index contributed by atoms with van der Waals surface area (Å²) in [6.45, 7) is 1.77. The Labute approximate surface area is 206 Å². The van der Waals surface area contributed by atoms with E-state index < -0.39 is 11.2 Å². The smallest absolute Gasteiger partial charge is 0.253 e. The van der Waals surface area contributed by atoms with Gasteiger partial charge >= 0.3 is 0 Å². The number of piperidine rings is 1. The van der Waals surface area contributed by atoms with Crippen LogP contribution in [0.4, 0.5) is 4.39 Å². The summed E-state index contributed by atoms with van der Waals surface area (Å²) in [4.78, 5) is 30.0. The number of hydrogen-bond acceptors (Lipinski definition) is 3. The van der Waals surface area contributed by atoms with Gasteiger partial charge in [0.05, 0.1) is 6.61 Å². The lowest BCUT2D eigenvalue weighted by atomic mass is 9.77. The number of rotatable bonds is 8. The summed E-state index contributed by atoms with van der Waals surface area (Å²) in [6.07, 6.45) is 1.77. The van der Waals surface area contributed by atoms with E-state index in [4.69, 9.17) is 4.74 Å². The van der Waals surface area contributed by atoms with Crippen LogP contribution in [0.15, 0.2) is 84.9 Å². The van der Waals surface area contributed by atoms with Gasteiger partial charge in [-0.05, 0) is 48.7 Å². The molecule has 1 heterocycles. The van der Waals surface area contributed by atoms with Crippen molar-refractivity contribution in [3.8, 4) is 5.75 Å². The van der Waals surface area contributed by atoms with Gasteiger partial charge in [-0.2, -0.15) is 0 Å². The lowest BCUT2D eigenvalue weighted by Gasteiger charge is -2.43. The van der Waals surface area contributed by atoms with Gasteiger partial charge < -0.3 is 14.5 Å². The van der Waals surface area contributed by atoms with Crippen molar-refractivity contribution in [1.82, 2.24) is 9.80 Å². The SMILES string of the molecule is CN(Cc1ccccc1)C(=O)C[C@@]1(COc2ccccc2)CCCN(C(=O)c2cccc(F)c2)C1. The first kappa shape index (κ1) is 24.5. The van der Waals surface area contributed by atoms with Crippen LogP contribution in [-0.4, -0.2) is 48.4 Å². The average Bonchev–Trinajstić information content (AvgIpc) is 2.88. The van der Waals surface area contributed by atoms with Crippen LogP contribution < -0.4 is 4.74 Å². The molecule has 0 radical (unpaired) electrons. The predicted molar refractivity (Wildman–Crippen MR) is 133 cm³/mol. The highest BCUT2D eigenvalue weighted by Gasteiger charge is 2.40. The fourth-order valence-corrected chi connectivity index (χ4v) is 4.65. The van der Waals surface area contributed by atoms with E-state index in [1.54, 1.807) is 29.0 Å². The quantitative estimate of drug-likeness (QED) is 0.452. The fourth-order valence-electron chi connectivity index (χ4n) is 4.65. The van der Waals surface area contributed by atoms with Crippen LogP contribution in [0.2, 0.25) is 0 Å². The molecule has 5 nitrogen and oxygen atoms in total. The molecule has 1 aliphatic heterocycles. The zero-order chi connectivity index (χ0) is 24.7. The van der Waals surface area contributed by atoms with Crippen LogP contribution in [-0.2, 0) is 11.3 Å². The largest absolute Gasteiger partial charge is 0.493 e. The Morgan fingerprint density at radius 2 is 1.71 bits per heavy atom. The molecule has 1 aliphatic rings. The first-order valence-electron chi connectivity index (χ1n) is 11.9. The third-order valence-corrected chi connectivity index (χ3v) is 6.52. The van der Waals surface area contributed by atoms with Gasteiger partial charge in [-0.1, -0.05) is 54.6 Å². The first-order chi connectivity index (χ1) is 16.9. The lowest BCUT2D eigenvalue weighted by molar-refractivity contribution is -0.134. The van der Waals surface area contributed by atoms with E-state index in [9.17, 15) is 14.0 Å². The zero-order valence-corrected chi connectivity index (χ0v) is 20.0. The number of amides is 2. The zero-order valence-electron chi connectivity index (χ0n) is 20.0. The number of nitrogens with zero attached hydrogens (tertiary/aromatic N) is 2. The molecule has 1 atom stereocenters. The van der Waals surface area contributed by atoms with Crippen LogP contribution >= 0.6 is 0 Å². The molecule has 0 unspecified atom stereocenters. The van der Waals surface area contributed by atoms with Crippen molar-refractivity contribution in [3.63, 3.8) is 0 Å².